The molecule has 0 radical (unpaired) electrons. The van der Waals surface area contributed by atoms with E-state index in [2.05, 4.69) is 15.3 Å². The molecule has 18 heavy (non-hydrogen) atoms. The van der Waals surface area contributed by atoms with Crippen molar-refractivity contribution in [3.8, 4) is 0 Å². The van der Waals surface area contributed by atoms with Crippen LogP contribution in [-0.4, -0.2) is 27.2 Å². The maximum Gasteiger partial charge on any atom is 0.258 e. The number of aliphatic hydroxyl groups is 1. The molecular weight excluding hydrogens is 230 g/mol. The molecular formula is C13H15N3O2. The Hall–Kier alpha value is -1.72. The Bertz CT molecular complexity index is 631. The van der Waals surface area contributed by atoms with Gasteiger partial charge in [-0.2, -0.15) is 0 Å². The summed E-state index contributed by atoms with van der Waals surface area (Å²) in [6, 6.07) is 7.27. The molecule has 5 nitrogen and oxygen atoms in total. The topological polar surface area (TPSA) is 78.0 Å². The molecule has 1 aliphatic carbocycles. The van der Waals surface area contributed by atoms with Gasteiger partial charge in [-0.1, -0.05) is 12.1 Å². The van der Waals surface area contributed by atoms with Gasteiger partial charge in [0.25, 0.3) is 5.56 Å². The first-order chi connectivity index (χ1) is 8.72. The summed E-state index contributed by atoms with van der Waals surface area (Å²) >= 11 is 0. The lowest BCUT2D eigenvalue weighted by molar-refractivity contribution is 0.229. The largest absolute Gasteiger partial charge is 0.394 e. The van der Waals surface area contributed by atoms with Crippen LogP contribution in [0.15, 0.2) is 29.1 Å². The number of nitrogens with zero attached hydrogens (tertiary/aromatic N) is 1. The highest BCUT2D eigenvalue weighted by Gasteiger charge is 2.41. The molecule has 1 heterocycles. The molecule has 2 aromatic rings. The van der Waals surface area contributed by atoms with Crippen molar-refractivity contribution < 1.29 is 5.11 Å². The molecule has 1 fully saturated rings. The Labute approximate surface area is 104 Å². The molecule has 0 atom stereocenters. The zero-order valence-electron chi connectivity index (χ0n) is 9.94. The van der Waals surface area contributed by atoms with Gasteiger partial charge in [-0.25, -0.2) is 4.98 Å². The molecule has 1 aromatic heterocycles. The lowest BCUT2D eigenvalue weighted by atomic mass is 10.2. The van der Waals surface area contributed by atoms with Crippen molar-refractivity contribution >= 4 is 10.9 Å². The van der Waals surface area contributed by atoms with Crippen molar-refractivity contribution in [3.05, 3.63) is 40.4 Å². The summed E-state index contributed by atoms with van der Waals surface area (Å²) in [6.45, 7) is 0.603. The number of nitrogens with one attached hydrogen (secondary N) is 2. The molecule has 0 amide bonds. The second-order valence-corrected chi connectivity index (χ2v) is 4.82. The molecule has 0 saturated heterocycles. The second kappa shape index (κ2) is 4.19. The monoisotopic (exact) mass is 245 g/mol. The lowest BCUT2D eigenvalue weighted by Gasteiger charge is -2.13. The van der Waals surface area contributed by atoms with Crippen molar-refractivity contribution in [2.24, 2.45) is 0 Å². The number of hydrogen-bond acceptors (Lipinski definition) is 4. The molecule has 1 aliphatic rings. The van der Waals surface area contributed by atoms with Crippen LogP contribution >= 0.6 is 0 Å². The van der Waals surface area contributed by atoms with Gasteiger partial charge in [-0.15, -0.1) is 0 Å². The van der Waals surface area contributed by atoms with Gasteiger partial charge in [0.15, 0.2) is 0 Å². The minimum atomic E-state index is -0.149. The van der Waals surface area contributed by atoms with E-state index in [0.29, 0.717) is 23.3 Å². The zero-order valence-corrected chi connectivity index (χ0v) is 9.94. The zero-order chi connectivity index (χ0) is 12.6. The van der Waals surface area contributed by atoms with E-state index < -0.39 is 0 Å². The van der Waals surface area contributed by atoms with Gasteiger partial charge in [0.1, 0.15) is 5.82 Å². The molecule has 0 unspecified atom stereocenters. The minimum absolute atomic E-state index is 0.119. The number of aromatic amines is 1. The first kappa shape index (κ1) is 11.4. The Balaban J connectivity index is 1.87. The third kappa shape index (κ3) is 2.02. The molecule has 0 bridgehead atoms. The van der Waals surface area contributed by atoms with E-state index >= 15 is 0 Å². The van der Waals surface area contributed by atoms with E-state index in [4.69, 9.17) is 0 Å². The first-order valence-corrected chi connectivity index (χ1v) is 6.06. The number of benzene rings is 1. The van der Waals surface area contributed by atoms with Gasteiger partial charge in [0.05, 0.1) is 24.1 Å². The minimum Gasteiger partial charge on any atom is -0.394 e. The van der Waals surface area contributed by atoms with Crippen LogP contribution in [0.3, 0.4) is 0 Å². The van der Waals surface area contributed by atoms with E-state index in [-0.39, 0.29) is 17.7 Å². The van der Waals surface area contributed by atoms with E-state index in [9.17, 15) is 9.90 Å². The molecule has 3 N–H and O–H groups in total. The molecule has 0 spiro atoms. The van der Waals surface area contributed by atoms with Crippen LogP contribution in [-0.2, 0) is 6.54 Å². The van der Waals surface area contributed by atoms with Crippen LogP contribution in [0.2, 0.25) is 0 Å². The maximum absolute atomic E-state index is 11.8. The third-order valence-corrected chi connectivity index (χ3v) is 3.45. The van der Waals surface area contributed by atoms with E-state index in [1.54, 1.807) is 6.07 Å². The van der Waals surface area contributed by atoms with Crippen LogP contribution in [0.4, 0.5) is 0 Å². The third-order valence-electron chi connectivity index (χ3n) is 3.45. The number of para-hydroxylation sites is 1. The second-order valence-electron chi connectivity index (χ2n) is 4.82. The smallest absolute Gasteiger partial charge is 0.258 e. The fourth-order valence-corrected chi connectivity index (χ4v) is 2.03. The van der Waals surface area contributed by atoms with Crippen molar-refractivity contribution in [2.45, 2.75) is 24.9 Å². The van der Waals surface area contributed by atoms with E-state index in [1.807, 2.05) is 18.2 Å². The number of hydrogen-bond donors (Lipinski definition) is 3. The van der Waals surface area contributed by atoms with Gasteiger partial charge >= 0.3 is 0 Å². The van der Waals surface area contributed by atoms with Crippen molar-refractivity contribution in [3.63, 3.8) is 0 Å². The number of aromatic nitrogens is 2. The van der Waals surface area contributed by atoms with Crippen LogP contribution < -0.4 is 10.9 Å². The standard InChI is InChI=1S/C13H15N3O2/c17-8-13(5-6-13)14-7-11-15-10-4-2-1-3-9(10)12(18)16-11/h1-4,14,17H,5-8H2,(H,15,16,18). The Morgan fingerprint density at radius 1 is 1.39 bits per heavy atom. The first-order valence-electron chi connectivity index (χ1n) is 6.06. The Morgan fingerprint density at radius 3 is 2.89 bits per heavy atom. The highest BCUT2D eigenvalue weighted by molar-refractivity contribution is 5.77. The summed E-state index contributed by atoms with van der Waals surface area (Å²) in [4.78, 5) is 19.0. The predicted molar refractivity (Wildman–Crippen MR) is 68.3 cm³/mol. The number of rotatable bonds is 4. The quantitative estimate of drug-likeness (QED) is 0.734. The summed E-state index contributed by atoms with van der Waals surface area (Å²) in [5.74, 6) is 0.610. The van der Waals surface area contributed by atoms with Crippen LogP contribution in [0.5, 0.6) is 0 Å². The van der Waals surface area contributed by atoms with Crippen LogP contribution in [0.1, 0.15) is 18.7 Å². The molecule has 1 aromatic carbocycles. The predicted octanol–water partition coefficient (Wildman–Crippen LogP) is 0.538. The average molecular weight is 245 g/mol. The van der Waals surface area contributed by atoms with Crippen molar-refractivity contribution in [1.29, 1.82) is 0 Å². The lowest BCUT2D eigenvalue weighted by Crippen LogP contribution is -2.35. The van der Waals surface area contributed by atoms with Gasteiger partial charge in [-0.3, -0.25) is 4.79 Å². The molecule has 1 saturated carbocycles. The molecule has 94 valence electrons. The summed E-state index contributed by atoms with van der Waals surface area (Å²) < 4.78 is 0. The summed E-state index contributed by atoms with van der Waals surface area (Å²) in [5, 5.41) is 13.1. The Kier molecular flexibility index (Phi) is 2.65. The van der Waals surface area contributed by atoms with E-state index in [1.165, 1.54) is 0 Å². The highest BCUT2D eigenvalue weighted by atomic mass is 16.3. The summed E-state index contributed by atoms with van der Waals surface area (Å²) in [5.41, 5.74) is 0.433. The Morgan fingerprint density at radius 2 is 2.17 bits per heavy atom. The number of fused-ring (bicyclic) bond motifs is 1. The van der Waals surface area contributed by atoms with Gasteiger partial charge in [-0.05, 0) is 25.0 Å². The van der Waals surface area contributed by atoms with Gasteiger partial charge in [0, 0.05) is 5.54 Å². The van der Waals surface area contributed by atoms with Gasteiger partial charge in [0.2, 0.25) is 0 Å². The van der Waals surface area contributed by atoms with E-state index in [0.717, 1.165) is 12.8 Å². The molecule has 3 rings (SSSR count). The van der Waals surface area contributed by atoms with Crippen molar-refractivity contribution in [1.82, 2.24) is 15.3 Å². The normalized spacial score (nSPS) is 16.9. The summed E-state index contributed by atoms with van der Waals surface area (Å²) in [6.07, 6.45) is 1.95. The van der Waals surface area contributed by atoms with Gasteiger partial charge < -0.3 is 15.4 Å². The maximum atomic E-state index is 11.8. The summed E-state index contributed by atoms with van der Waals surface area (Å²) in [7, 11) is 0. The van der Waals surface area contributed by atoms with Crippen molar-refractivity contribution in [2.75, 3.05) is 6.61 Å². The fourth-order valence-electron chi connectivity index (χ4n) is 2.03. The number of aliphatic hydroxyl groups excluding tert-OH is 1. The SMILES string of the molecule is O=c1[nH]c(CNC2(CO)CC2)nc2ccccc12. The highest BCUT2D eigenvalue weighted by Crippen LogP contribution is 2.34. The fraction of sp³-hybridized carbons (Fsp3) is 0.385. The number of H-pyrrole nitrogens is 1. The molecule has 0 aliphatic heterocycles. The van der Waals surface area contributed by atoms with Crippen LogP contribution in [0, 0.1) is 0 Å². The molecule has 5 heteroatoms. The van der Waals surface area contributed by atoms with Crippen LogP contribution in [0.25, 0.3) is 10.9 Å². The average Bonchev–Trinajstić information content (AvgIpc) is 3.17.